The summed E-state index contributed by atoms with van der Waals surface area (Å²) in [7, 11) is 2.91. The molecule has 5 rings (SSSR count). The Morgan fingerprint density at radius 2 is 1.69 bits per heavy atom. The van der Waals surface area contributed by atoms with Gasteiger partial charge < -0.3 is 29.6 Å². The van der Waals surface area contributed by atoms with Gasteiger partial charge in [0.15, 0.2) is 11.5 Å². The molecule has 2 aliphatic rings. The molecule has 200 valence electrons. The van der Waals surface area contributed by atoms with Crippen LogP contribution in [0.1, 0.15) is 15.9 Å². The topological polar surface area (TPSA) is 115 Å². The minimum absolute atomic E-state index is 0.118. The van der Waals surface area contributed by atoms with Gasteiger partial charge in [-0.25, -0.2) is 4.90 Å². The van der Waals surface area contributed by atoms with Gasteiger partial charge in [-0.1, -0.05) is 17.7 Å². The molecular formula is C28H24ClN3O7. The van der Waals surface area contributed by atoms with Crippen molar-refractivity contribution >= 4 is 46.4 Å². The normalized spacial score (nSPS) is 14.4. The monoisotopic (exact) mass is 549 g/mol. The molecule has 11 heteroatoms. The molecule has 0 fully saturated rings. The Balaban J connectivity index is 1.37. The first kappa shape index (κ1) is 25.9. The van der Waals surface area contributed by atoms with Crippen LogP contribution in [0, 0.1) is 6.92 Å². The van der Waals surface area contributed by atoms with Crippen LogP contribution in [0.5, 0.6) is 23.0 Å². The van der Waals surface area contributed by atoms with E-state index in [-0.39, 0.29) is 28.1 Å². The minimum atomic E-state index is -0.710. The molecule has 2 heterocycles. The van der Waals surface area contributed by atoms with Crippen molar-refractivity contribution in [1.82, 2.24) is 0 Å². The molecule has 0 unspecified atom stereocenters. The molecule has 0 saturated heterocycles. The molecular weight excluding hydrogens is 526 g/mol. The van der Waals surface area contributed by atoms with Crippen molar-refractivity contribution in [2.45, 2.75) is 6.92 Å². The number of anilines is 3. The number of imide groups is 1. The number of aryl methyl sites for hydroxylation is 1. The summed E-state index contributed by atoms with van der Waals surface area (Å²) >= 11 is 6.33. The maximum atomic E-state index is 13.4. The largest absolute Gasteiger partial charge is 0.497 e. The molecule has 0 aromatic heterocycles. The number of amides is 3. The molecule has 2 aliphatic heterocycles. The first-order valence-electron chi connectivity index (χ1n) is 11.9. The van der Waals surface area contributed by atoms with E-state index in [0.29, 0.717) is 47.4 Å². The number of rotatable bonds is 7. The first-order valence-corrected chi connectivity index (χ1v) is 12.3. The predicted octanol–water partition coefficient (Wildman–Crippen LogP) is 4.47. The van der Waals surface area contributed by atoms with Crippen molar-refractivity contribution in [3.63, 3.8) is 0 Å². The fraction of sp³-hybridized carbons (Fsp3) is 0.179. The van der Waals surface area contributed by atoms with Crippen LogP contribution in [0.3, 0.4) is 0 Å². The lowest BCUT2D eigenvalue weighted by Crippen LogP contribution is -2.32. The third-order valence-electron chi connectivity index (χ3n) is 6.21. The highest BCUT2D eigenvalue weighted by Crippen LogP contribution is 2.38. The second-order valence-corrected chi connectivity index (χ2v) is 9.02. The Labute approximate surface area is 229 Å². The van der Waals surface area contributed by atoms with Crippen molar-refractivity contribution in [1.29, 1.82) is 0 Å². The Hall–Kier alpha value is -4.70. The average molecular weight is 550 g/mol. The number of carbonyl (C=O) groups is 3. The van der Waals surface area contributed by atoms with Crippen molar-refractivity contribution < 1.29 is 33.3 Å². The van der Waals surface area contributed by atoms with Gasteiger partial charge in [0.1, 0.15) is 35.4 Å². The van der Waals surface area contributed by atoms with Gasteiger partial charge in [-0.15, -0.1) is 0 Å². The molecule has 39 heavy (non-hydrogen) atoms. The number of nitrogens with zero attached hydrogens (tertiary/aromatic N) is 1. The first-order chi connectivity index (χ1) is 18.8. The number of halogens is 1. The lowest BCUT2D eigenvalue weighted by molar-refractivity contribution is -0.120. The average Bonchev–Trinajstić information content (AvgIpc) is 3.16. The van der Waals surface area contributed by atoms with E-state index in [1.165, 1.54) is 20.3 Å². The van der Waals surface area contributed by atoms with E-state index in [2.05, 4.69) is 10.6 Å². The molecule has 0 atom stereocenters. The van der Waals surface area contributed by atoms with Gasteiger partial charge in [0.05, 0.1) is 19.9 Å². The zero-order chi connectivity index (χ0) is 27.7. The maximum absolute atomic E-state index is 13.4. The van der Waals surface area contributed by atoms with E-state index in [4.69, 9.17) is 30.5 Å². The molecule has 0 aliphatic carbocycles. The molecule has 0 saturated carbocycles. The van der Waals surface area contributed by atoms with Crippen LogP contribution in [0.25, 0.3) is 0 Å². The van der Waals surface area contributed by atoms with Crippen molar-refractivity contribution in [2.75, 3.05) is 43.0 Å². The zero-order valence-electron chi connectivity index (χ0n) is 21.3. The summed E-state index contributed by atoms with van der Waals surface area (Å²) in [6.45, 7) is 2.70. The number of nitrogens with one attached hydrogen (secondary N) is 2. The van der Waals surface area contributed by atoms with Crippen LogP contribution in [0.4, 0.5) is 17.1 Å². The van der Waals surface area contributed by atoms with E-state index < -0.39 is 11.8 Å². The minimum Gasteiger partial charge on any atom is -0.497 e. The van der Waals surface area contributed by atoms with Crippen molar-refractivity contribution in [3.8, 4) is 23.0 Å². The number of benzene rings is 3. The van der Waals surface area contributed by atoms with Crippen LogP contribution in [-0.4, -0.2) is 45.2 Å². The fourth-order valence-electron chi connectivity index (χ4n) is 4.16. The molecule has 3 aromatic carbocycles. The van der Waals surface area contributed by atoms with Gasteiger partial charge in [0.2, 0.25) is 0 Å². The predicted molar refractivity (Wildman–Crippen MR) is 145 cm³/mol. The van der Waals surface area contributed by atoms with Gasteiger partial charge in [0, 0.05) is 29.1 Å². The third-order valence-corrected chi connectivity index (χ3v) is 6.57. The van der Waals surface area contributed by atoms with E-state index in [9.17, 15) is 14.4 Å². The van der Waals surface area contributed by atoms with Gasteiger partial charge in [0.25, 0.3) is 17.7 Å². The summed E-state index contributed by atoms with van der Waals surface area (Å²) in [6.07, 6.45) is 0. The number of hydrogen-bond acceptors (Lipinski definition) is 8. The second-order valence-electron chi connectivity index (χ2n) is 8.64. The molecule has 3 aromatic rings. The Bertz CT molecular complexity index is 1540. The van der Waals surface area contributed by atoms with Gasteiger partial charge in [-0.2, -0.15) is 0 Å². The summed E-state index contributed by atoms with van der Waals surface area (Å²) in [4.78, 5) is 40.3. The number of hydrogen-bond donors (Lipinski definition) is 2. The summed E-state index contributed by atoms with van der Waals surface area (Å²) in [5, 5.41) is 5.49. The summed E-state index contributed by atoms with van der Waals surface area (Å²) in [5.41, 5.74) is 2.11. The summed E-state index contributed by atoms with van der Waals surface area (Å²) in [6, 6.07) is 14.8. The SMILES string of the molecule is COc1ccc(N2C(=O)C(Cl)=C(Nc3cc(C(=O)Nc4ccc5c(c4)OCCO5)ccc3C)C2=O)c(OC)c1. The highest BCUT2D eigenvalue weighted by molar-refractivity contribution is 6.53. The Morgan fingerprint density at radius 1 is 0.923 bits per heavy atom. The number of carbonyl (C=O) groups excluding carboxylic acids is 3. The van der Waals surface area contributed by atoms with E-state index >= 15 is 0 Å². The van der Waals surface area contributed by atoms with Gasteiger partial charge >= 0.3 is 0 Å². The third kappa shape index (κ3) is 4.94. The molecule has 3 amide bonds. The van der Waals surface area contributed by atoms with E-state index in [1.54, 1.807) is 55.5 Å². The van der Waals surface area contributed by atoms with Gasteiger partial charge in [-0.05, 0) is 48.9 Å². The summed E-state index contributed by atoms with van der Waals surface area (Å²) < 4.78 is 21.6. The zero-order valence-corrected chi connectivity index (χ0v) is 22.0. The highest BCUT2D eigenvalue weighted by Gasteiger charge is 2.40. The molecule has 2 N–H and O–H groups in total. The summed E-state index contributed by atoms with van der Waals surface area (Å²) in [5.74, 6) is 0.160. The maximum Gasteiger partial charge on any atom is 0.283 e. The van der Waals surface area contributed by atoms with Gasteiger partial charge in [-0.3, -0.25) is 14.4 Å². The van der Waals surface area contributed by atoms with E-state index in [0.717, 1.165) is 10.5 Å². The second kappa shape index (κ2) is 10.6. The quantitative estimate of drug-likeness (QED) is 0.415. The Morgan fingerprint density at radius 3 is 2.44 bits per heavy atom. The molecule has 0 spiro atoms. The van der Waals surface area contributed by atoms with Crippen molar-refractivity contribution in [2.24, 2.45) is 0 Å². The van der Waals surface area contributed by atoms with Crippen LogP contribution in [0.15, 0.2) is 65.3 Å². The molecule has 10 nitrogen and oxygen atoms in total. The van der Waals surface area contributed by atoms with Crippen molar-refractivity contribution in [3.05, 3.63) is 76.5 Å². The number of methoxy groups -OCH3 is 2. The van der Waals surface area contributed by atoms with Crippen LogP contribution in [0.2, 0.25) is 0 Å². The Kier molecular flexibility index (Phi) is 7.03. The van der Waals surface area contributed by atoms with Crippen LogP contribution < -0.4 is 34.5 Å². The smallest absolute Gasteiger partial charge is 0.283 e. The lowest BCUT2D eigenvalue weighted by Gasteiger charge is -2.19. The number of ether oxygens (including phenoxy) is 4. The number of fused-ring (bicyclic) bond motifs is 1. The standard InChI is InChI=1S/C28H24ClN3O7/c1-15-4-5-16(26(33)30-17-6-9-21-23(13-17)39-11-10-38-21)12-19(15)31-25-24(29)27(34)32(28(25)35)20-8-7-18(36-2)14-22(20)37-3/h4-9,12-14,31H,10-11H2,1-3H3,(H,30,33). The lowest BCUT2D eigenvalue weighted by atomic mass is 10.1. The van der Waals surface area contributed by atoms with E-state index in [1.807, 2.05) is 0 Å². The van der Waals surface area contributed by atoms with Crippen LogP contribution in [-0.2, 0) is 9.59 Å². The van der Waals surface area contributed by atoms with Crippen LogP contribution >= 0.6 is 11.6 Å². The molecule has 0 radical (unpaired) electrons. The fourth-order valence-corrected chi connectivity index (χ4v) is 4.37. The highest BCUT2D eigenvalue weighted by atomic mass is 35.5. The molecule has 0 bridgehead atoms.